The number of hydrogen-bond donors (Lipinski definition) is 0. The molecule has 1 atom stereocenters. The van der Waals surface area contributed by atoms with Crippen LogP contribution in [-0.4, -0.2) is 49.2 Å². The number of benzene rings is 1. The van der Waals surface area contributed by atoms with Gasteiger partial charge in [0.15, 0.2) is 0 Å². The summed E-state index contributed by atoms with van der Waals surface area (Å²) in [5.74, 6) is 0.915. The van der Waals surface area contributed by atoms with Crippen molar-refractivity contribution in [1.29, 1.82) is 0 Å². The van der Waals surface area contributed by atoms with E-state index in [-0.39, 0.29) is 12.1 Å². The molecule has 0 saturated heterocycles. The fourth-order valence-corrected chi connectivity index (χ4v) is 3.03. The number of nitrogens with zero attached hydrogens (tertiary/aromatic N) is 2. The molecule has 0 radical (unpaired) electrons. The van der Waals surface area contributed by atoms with Crippen LogP contribution in [0.2, 0.25) is 0 Å². The molecule has 5 heteroatoms. The first-order chi connectivity index (χ1) is 11.0. The van der Waals surface area contributed by atoms with Crippen LogP contribution in [0.3, 0.4) is 0 Å². The first kappa shape index (κ1) is 17.6. The zero-order chi connectivity index (χ0) is 17.0. The molecule has 0 spiro atoms. The molecule has 0 aromatic heterocycles. The third-order valence-electron chi connectivity index (χ3n) is 4.06. The van der Waals surface area contributed by atoms with Crippen molar-refractivity contribution in [2.75, 3.05) is 27.3 Å². The Hall–Kier alpha value is -1.75. The molecule has 0 saturated carbocycles. The molecule has 1 aliphatic rings. The highest BCUT2D eigenvalue weighted by Crippen LogP contribution is 2.31. The Morgan fingerprint density at radius 3 is 2.61 bits per heavy atom. The second kappa shape index (κ2) is 7.68. The Morgan fingerprint density at radius 1 is 1.26 bits per heavy atom. The topological polar surface area (TPSA) is 42.0 Å². The summed E-state index contributed by atoms with van der Waals surface area (Å²) in [6.07, 6.45) is 0.613. The predicted octanol–water partition coefficient (Wildman–Crippen LogP) is 3.05. The van der Waals surface area contributed by atoms with Gasteiger partial charge in [-0.2, -0.15) is 0 Å². The Morgan fingerprint density at radius 2 is 2.00 bits per heavy atom. The fourth-order valence-electron chi connectivity index (χ4n) is 3.03. The summed E-state index contributed by atoms with van der Waals surface area (Å²) >= 11 is 0. The molecule has 1 unspecified atom stereocenters. The SMILES string of the molecule is CCOC(=O)N1Cc2cc(OCC)c(CN(C)C)cc2CC1C. The van der Waals surface area contributed by atoms with Gasteiger partial charge in [0.05, 0.1) is 13.2 Å². The maximum Gasteiger partial charge on any atom is 0.410 e. The normalized spacial score (nSPS) is 17.1. The first-order valence-corrected chi connectivity index (χ1v) is 8.31. The van der Waals surface area contributed by atoms with Crippen LogP contribution < -0.4 is 4.74 Å². The van der Waals surface area contributed by atoms with Crippen LogP contribution in [0.25, 0.3) is 0 Å². The van der Waals surface area contributed by atoms with Crippen molar-refractivity contribution >= 4 is 6.09 Å². The second-order valence-corrected chi connectivity index (χ2v) is 6.28. The first-order valence-electron chi connectivity index (χ1n) is 8.31. The van der Waals surface area contributed by atoms with Crippen LogP contribution in [-0.2, 0) is 24.2 Å². The van der Waals surface area contributed by atoms with E-state index in [1.165, 1.54) is 11.1 Å². The van der Waals surface area contributed by atoms with Gasteiger partial charge in [0.1, 0.15) is 5.75 Å². The van der Waals surface area contributed by atoms with Crippen LogP contribution in [0.5, 0.6) is 5.75 Å². The van der Waals surface area contributed by atoms with E-state index in [9.17, 15) is 4.79 Å². The molecule has 0 bridgehead atoms. The molecular weight excluding hydrogens is 292 g/mol. The molecule has 1 aromatic rings. The van der Waals surface area contributed by atoms with Crippen molar-refractivity contribution in [3.8, 4) is 5.75 Å². The summed E-state index contributed by atoms with van der Waals surface area (Å²) < 4.78 is 11.0. The second-order valence-electron chi connectivity index (χ2n) is 6.28. The van der Waals surface area contributed by atoms with Gasteiger partial charge >= 0.3 is 6.09 Å². The lowest BCUT2D eigenvalue weighted by Gasteiger charge is -2.34. The third kappa shape index (κ3) is 4.16. The zero-order valence-corrected chi connectivity index (χ0v) is 14.9. The van der Waals surface area contributed by atoms with Crippen molar-refractivity contribution in [3.63, 3.8) is 0 Å². The molecule has 1 heterocycles. The molecule has 23 heavy (non-hydrogen) atoms. The van der Waals surface area contributed by atoms with E-state index in [1.54, 1.807) is 4.90 Å². The van der Waals surface area contributed by atoms with Crippen LogP contribution >= 0.6 is 0 Å². The number of carbonyl (C=O) groups excluding carboxylic acids is 1. The van der Waals surface area contributed by atoms with Crippen LogP contribution in [0.15, 0.2) is 12.1 Å². The molecule has 0 aliphatic carbocycles. The highest BCUT2D eigenvalue weighted by atomic mass is 16.6. The third-order valence-corrected chi connectivity index (χ3v) is 4.06. The molecule has 1 aliphatic heterocycles. The maximum absolute atomic E-state index is 12.1. The van der Waals surface area contributed by atoms with E-state index >= 15 is 0 Å². The number of ether oxygens (including phenoxy) is 2. The summed E-state index contributed by atoms with van der Waals surface area (Å²) in [7, 11) is 4.11. The maximum atomic E-state index is 12.1. The van der Waals surface area contributed by atoms with Gasteiger partial charge in [-0.05, 0) is 58.5 Å². The van der Waals surface area contributed by atoms with E-state index in [2.05, 4.69) is 38.1 Å². The van der Waals surface area contributed by atoms with Gasteiger partial charge in [0, 0.05) is 24.7 Å². The minimum absolute atomic E-state index is 0.145. The number of fused-ring (bicyclic) bond motifs is 1. The van der Waals surface area contributed by atoms with Crippen molar-refractivity contribution in [3.05, 3.63) is 28.8 Å². The number of carbonyl (C=O) groups is 1. The van der Waals surface area contributed by atoms with Crippen LogP contribution in [0, 0.1) is 0 Å². The Kier molecular flexibility index (Phi) is 5.88. The van der Waals surface area contributed by atoms with Crippen molar-refractivity contribution in [1.82, 2.24) is 9.80 Å². The zero-order valence-electron chi connectivity index (χ0n) is 14.9. The minimum Gasteiger partial charge on any atom is -0.494 e. The Labute approximate surface area is 139 Å². The molecule has 1 aromatic carbocycles. The molecule has 0 fully saturated rings. The summed E-state index contributed by atoms with van der Waals surface area (Å²) in [4.78, 5) is 16.0. The number of amides is 1. The summed E-state index contributed by atoms with van der Waals surface area (Å²) in [5, 5.41) is 0. The molecule has 1 amide bonds. The minimum atomic E-state index is -0.235. The van der Waals surface area contributed by atoms with Gasteiger partial charge in [0.25, 0.3) is 0 Å². The molecule has 5 nitrogen and oxygen atoms in total. The van der Waals surface area contributed by atoms with Gasteiger partial charge in [-0.25, -0.2) is 4.79 Å². The van der Waals surface area contributed by atoms with Crippen LogP contribution in [0.4, 0.5) is 4.79 Å². The smallest absolute Gasteiger partial charge is 0.410 e. The fraction of sp³-hybridized carbons (Fsp3) is 0.611. The predicted molar refractivity (Wildman–Crippen MR) is 90.7 cm³/mol. The lowest BCUT2D eigenvalue weighted by molar-refractivity contribution is 0.0861. The van der Waals surface area contributed by atoms with Crippen molar-refractivity contribution < 1.29 is 14.3 Å². The number of hydrogen-bond acceptors (Lipinski definition) is 4. The Bertz CT molecular complexity index is 557. The largest absolute Gasteiger partial charge is 0.494 e. The van der Waals surface area contributed by atoms with Crippen molar-refractivity contribution in [2.45, 2.75) is 46.3 Å². The monoisotopic (exact) mass is 320 g/mol. The average molecular weight is 320 g/mol. The quantitative estimate of drug-likeness (QED) is 0.836. The lowest BCUT2D eigenvalue weighted by Crippen LogP contribution is -2.43. The molecule has 0 N–H and O–H groups in total. The Balaban J connectivity index is 2.31. The van der Waals surface area contributed by atoms with Gasteiger partial charge < -0.3 is 19.3 Å². The molecule has 2 rings (SSSR count). The van der Waals surface area contributed by atoms with E-state index < -0.39 is 0 Å². The standard InChI is InChI=1S/C18H28N2O3/c1-6-22-17-10-15-12-20(18(21)23-7-2)13(3)8-14(15)9-16(17)11-19(4)5/h9-10,13H,6-8,11-12H2,1-5H3. The van der Waals surface area contributed by atoms with E-state index in [1.807, 2.05) is 13.8 Å². The van der Waals surface area contributed by atoms with E-state index in [0.29, 0.717) is 19.8 Å². The highest BCUT2D eigenvalue weighted by Gasteiger charge is 2.28. The average Bonchev–Trinajstić information content (AvgIpc) is 2.47. The lowest BCUT2D eigenvalue weighted by atomic mass is 9.92. The van der Waals surface area contributed by atoms with E-state index in [0.717, 1.165) is 24.3 Å². The number of rotatable bonds is 5. The summed E-state index contributed by atoms with van der Waals surface area (Å²) in [6, 6.07) is 4.47. The van der Waals surface area contributed by atoms with E-state index in [4.69, 9.17) is 9.47 Å². The van der Waals surface area contributed by atoms with Crippen molar-refractivity contribution in [2.24, 2.45) is 0 Å². The molecule has 128 valence electrons. The summed E-state index contributed by atoms with van der Waals surface area (Å²) in [6.45, 7) is 8.36. The van der Waals surface area contributed by atoms with Gasteiger partial charge in [-0.15, -0.1) is 0 Å². The van der Waals surface area contributed by atoms with Gasteiger partial charge in [-0.3, -0.25) is 0 Å². The molecular formula is C18H28N2O3. The summed E-state index contributed by atoms with van der Waals surface area (Å²) in [5.41, 5.74) is 3.66. The van der Waals surface area contributed by atoms with Gasteiger partial charge in [0.2, 0.25) is 0 Å². The van der Waals surface area contributed by atoms with Gasteiger partial charge in [-0.1, -0.05) is 6.07 Å². The highest BCUT2D eigenvalue weighted by molar-refractivity contribution is 5.68. The van der Waals surface area contributed by atoms with Crippen LogP contribution in [0.1, 0.15) is 37.5 Å².